The summed E-state index contributed by atoms with van der Waals surface area (Å²) in [6.07, 6.45) is 5.78. The molecule has 0 aromatic heterocycles. The molecule has 9 nitrogen and oxygen atoms in total. The van der Waals surface area contributed by atoms with Gasteiger partial charge in [0.15, 0.2) is 16.4 Å². The molecule has 0 unspecified atom stereocenters. The van der Waals surface area contributed by atoms with Gasteiger partial charge in [0.05, 0.1) is 11.0 Å². The van der Waals surface area contributed by atoms with Gasteiger partial charge in [-0.25, -0.2) is 26.8 Å². The average Bonchev–Trinajstić information content (AvgIpc) is 2.98. The third kappa shape index (κ3) is 13.2. The maximum absolute atomic E-state index is 13.9. The van der Waals surface area contributed by atoms with Crippen LogP contribution in [-0.4, -0.2) is 62.8 Å². The van der Waals surface area contributed by atoms with E-state index in [1.807, 2.05) is 45.0 Å². The lowest BCUT2D eigenvalue weighted by Gasteiger charge is -2.28. The number of hydrogen-bond acceptors (Lipinski definition) is 8. The number of terminal acetylenes is 1. The molecule has 45 heavy (non-hydrogen) atoms. The van der Waals surface area contributed by atoms with Crippen LogP contribution in [0.1, 0.15) is 63.1 Å². The van der Waals surface area contributed by atoms with E-state index in [4.69, 9.17) is 21.6 Å². The number of benzene rings is 2. The molecule has 0 saturated carbocycles. The second-order valence-electron chi connectivity index (χ2n) is 10.9. The van der Waals surface area contributed by atoms with E-state index < -0.39 is 69.3 Å². The zero-order chi connectivity index (χ0) is 33.4. The Labute approximate surface area is 265 Å². The number of sulfone groups is 1. The van der Waals surface area contributed by atoms with Gasteiger partial charge in [-0.05, 0) is 54.5 Å². The van der Waals surface area contributed by atoms with Crippen LogP contribution in [0.3, 0.4) is 0 Å². The molecule has 0 heterocycles. The molecule has 2 aromatic rings. The predicted molar refractivity (Wildman–Crippen MR) is 170 cm³/mol. The quantitative estimate of drug-likeness (QED) is 0.152. The van der Waals surface area contributed by atoms with Crippen LogP contribution in [0.4, 0.5) is 13.6 Å². The molecule has 3 atom stereocenters. The predicted octanol–water partition coefficient (Wildman–Crippen LogP) is 4.21. The van der Waals surface area contributed by atoms with E-state index in [1.165, 1.54) is 0 Å². The Balaban J connectivity index is 2.33. The van der Waals surface area contributed by atoms with E-state index in [9.17, 15) is 26.8 Å². The van der Waals surface area contributed by atoms with E-state index in [1.54, 1.807) is 0 Å². The molecule has 0 aliphatic heterocycles. The van der Waals surface area contributed by atoms with E-state index >= 15 is 0 Å². The fourth-order valence-electron chi connectivity index (χ4n) is 4.94. The van der Waals surface area contributed by atoms with Gasteiger partial charge in [0.25, 0.3) is 0 Å². The van der Waals surface area contributed by atoms with Crippen LogP contribution in [0.5, 0.6) is 0 Å². The first kappa shape index (κ1) is 37.7. The lowest BCUT2D eigenvalue weighted by molar-refractivity contribution is -0.151. The van der Waals surface area contributed by atoms with E-state index in [0.29, 0.717) is 32.2 Å². The van der Waals surface area contributed by atoms with Crippen LogP contribution in [0.2, 0.25) is 0 Å². The summed E-state index contributed by atoms with van der Waals surface area (Å²) >= 11 is 0. The molecular formula is C33H45F2N3O6S. The molecule has 0 saturated heterocycles. The molecule has 2 rings (SSSR count). The number of nitrogens with two attached hydrogens (primary N) is 1. The number of esters is 1. The molecule has 0 radical (unpaired) electrons. The fourth-order valence-corrected chi connectivity index (χ4v) is 7.08. The number of carbonyl (C=O) groups excluding carboxylic acids is 2. The number of aryl methyl sites for hydroxylation is 1. The molecule has 0 fully saturated rings. The first-order valence-corrected chi connectivity index (χ1v) is 16.9. The van der Waals surface area contributed by atoms with Crippen molar-refractivity contribution in [3.63, 3.8) is 0 Å². The van der Waals surface area contributed by atoms with Crippen molar-refractivity contribution in [3.8, 4) is 12.3 Å². The Morgan fingerprint density at radius 2 is 1.64 bits per heavy atom. The van der Waals surface area contributed by atoms with Gasteiger partial charge in [-0.15, -0.1) is 6.42 Å². The van der Waals surface area contributed by atoms with Gasteiger partial charge in [0.1, 0.15) is 23.8 Å². The topological polar surface area (TPSA) is 137 Å². The highest BCUT2D eigenvalue weighted by molar-refractivity contribution is 7.92. The van der Waals surface area contributed by atoms with E-state index in [2.05, 4.69) is 16.6 Å². The summed E-state index contributed by atoms with van der Waals surface area (Å²) in [5.74, 6) is -1.22. The Morgan fingerprint density at radius 1 is 1.00 bits per heavy atom. The summed E-state index contributed by atoms with van der Waals surface area (Å²) in [5.41, 5.74) is 8.78. The minimum atomic E-state index is -3.87. The van der Waals surface area contributed by atoms with Gasteiger partial charge >= 0.3 is 12.1 Å². The molecule has 248 valence electrons. The smallest absolute Gasteiger partial charge is 0.408 e. The summed E-state index contributed by atoms with van der Waals surface area (Å²) < 4.78 is 65.1. The van der Waals surface area contributed by atoms with Crippen molar-refractivity contribution in [3.05, 3.63) is 70.8 Å². The summed E-state index contributed by atoms with van der Waals surface area (Å²) in [7, 11) is -3.87. The van der Waals surface area contributed by atoms with Crippen LogP contribution in [0, 0.1) is 24.0 Å². The minimum absolute atomic E-state index is 0.0242. The van der Waals surface area contributed by atoms with Crippen molar-refractivity contribution in [2.45, 2.75) is 89.3 Å². The van der Waals surface area contributed by atoms with E-state index in [-0.39, 0.29) is 18.5 Å². The Morgan fingerprint density at radius 3 is 2.24 bits per heavy atom. The van der Waals surface area contributed by atoms with Gasteiger partial charge < -0.3 is 25.8 Å². The normalized spacial score (nSPS) is 13.5. The lowest BCUT2D eigenvalue weighted by Crippen LogP contribution is -2.52. The third-order valence-electron chi connectivity index (χ3n) is 7.20. The lowest BCUT2D eigenvalue weighted by atomic mass is 10.0. The van der Waals surface area contributed by atoms with Crippen LogP contribution in [0.25, 0.3) is 0 Å². The largest absolute Gasteiger partial charge is 0.458 e. The standard InChI is InChI=1S/C33H45F2N3O6S/c1-5-10-28(11-6-2)45(41,42)22-30(38-33(40)43-14-7-3)32(39)44-31(21-37-20-24-13-9-12-23(8-4)15-24)29(36)18-25-16-26(34)19-27(35)17-25/h3,9,12-13,15-17,19,28-31,37H,5-6,8,10-11,14,18,20-22,36H2,1-2,4H3,(H,38,40)/t29-,30+,31+/m0/s1. The molecule has 0 spiro atoms. The summed E-state index contributed by atoms with van der Waals surface area (Å²) in [6.45, 7) is 5.79. The maximum Gasteiger partial charge on any atom is 0.408 e. The highest BCUT2D eigenvalue weighted by atomic mass is 32.2. The van der Waals surface area contributed by atoms with Gasteiger partial charge in [0.2, 0.25) is 0 Å². The highest BCUT2D eigenvalue weighted by Gasteiger charge is 2.35. The van der Waals surface area contributed by atoms with Crippen molar-refractivity contribution < 1.29 is 36.3 Å². The molecule has 0 bridgehead atoms. The van der Waals surface area contributed by atoms with Crippen molar-refractivity contribution in [2.24, 2.45) is 5.73 Å². The summed E-state index contributed by atoms with van der Waals surface area (Å²) in [4.78, 5) is 26.0. The zero-order valence-corrected chi connectivity index (χ0v) is 27.0. The van der Waals surface area contributed by atoms with Gasteiger partial charge in [-0.2, -0.15) is 0 Å². The maximum atomic E-state index is 13.9. The number of hydrogen-bond donors (Lipinski definition) is 3. The van der Waals surface area contributed by atoms with Crippen molar-refractivity contribution in [2.75, 3.05) is 18.9 Å². The Hall–Kier alpha value is -3.53. The van der Waals surface area contributed by atoms with Crippen molar-refractivity contribution in [1.82, 2.24) is 10.6 Å². The Bertz CT molecular complexity index is 1370. The molecular weight excluding hydrogens is 604 g/mol. The molecule has 0 aliphatic rings. The zero-order valence-electron chi connectivity index (χ0n) is 26.2. The number of carbonyl (C=O) groups is 2. The minimum Gasteiger partial charge on any atom is -0.458 e. The van der Waals surface area contributed by atoms with Gasteiger partial charge in [0, 0.05) is 25.2 Å². The van der Waals surface area contributed by atoms with Crippen LogP contribution in [0.15, 0.2) is 42.5 Å². The van der Waals surface area contributed by atoms with E-state index in [0.717, 1.165) is 35.7 Å². The molecule has 0 aliphatic carbocycles. The van der Waals surface area contributed by atoms with Crippen molar-refractivity contribution in [1.29, 1.82) is 0 Å². The number of nitrogens with one attached hydrogen (secondary N) is 2. The average molecular weight is 650 g/mol. The molecule has 2 aromatic carbocycles. The molecule has 1 amide bonds. The molecule has 4 N–H and O–H groups in total. The SMILES string of the molecule is C#CCOC(=O)N[C@H](CS(=O)(=O)C(CCC)CCC)C(=O)O[C@H](CNCc1cccc(CC)c1)[C@@H](N)Cc1cc(F)cc(F)c1. The van der Waals surface area contributed by atoms with Crippen LogP contribution >= 0.6 is 0 Å². The van der Waals surface area contributed by atoms with Crippen molar-refractivity contribution >= 4 is 21.9 Å². The third-order valence-corrected chi connectivity index (χ3v) is 9.49. The van der Waals surface area contributed by atoms with Gasteiger partial charge in [-0.1, -0.05) is 63.8 Å². The number of halogens is 2. The van der Waals surface area contributed by atoms with Crippen LogP contribution in [-0.2, 0) is 43.5 Å². The first-order valence-electron chi connectivity index (χ1n) is 15.2. The second kappa shape index (κ2) is 19.1. The number of amides is 1. The molecule has 12 heteroatoms. The summed E-state index contributed by atoms with van der Waals surface area (Å²) in [6, 6.07) is 8.30. The number of alkyl carbamates (subject to hydrolysis) is 1. The number of rotatable bonds is 19. The highest BCUT2D eigenvalue weighted by Crippen LogP contribution is 2.18. The monoisotopic (exact) mass is 649 g/mol. The summed E-state index contributed by atoms with van der Waals surface area (Å²) in [5, 5.41) is 4.76. The fraction of sp³-hybridized carbons (Fsp3) is 0.515. The van der Waals surface area contributed by atoms with Gasteiger partial charge in [-0.3, -0.25) is 0 Å². The Kier molecular flexibility index (Phi) is 16.0. The number of ether oxygens (including phenoxy) is 2. The first-order chi connectivity index (χ1) is 21.4. The van der Waals surface area contributed by atoms with Crippen LogP contribution < -0.4 is 16.4 Å². The second-order valence-corrected chi connectivity index (χ2v) is 13.3.